The lowest BCUT2D eigenvalue weighted by Gasteiger charge is -2.23. The van der Waals surface area contributed by atoms with E-state index >= 15 is 0 Å². The van der Waals surface area contributed by atoms with Crippen molar-refractivity contribution in [1.82, 2.24) is 0 Å². The summed E-state index contributed by atoms with van der Waals surface area (Å²) in [5.74, 6) is 1.19. The average Bonchev–Trinajstić information content (AvgIpc) is 2.83. The summed E-state index contributed by atoms with van der Waals surface area (Å²) in [4.78, 5) is 0. The maximum absolute atomic E-state index is 10.5. The normalized spacial score (nSPS) is 28.6. The highest BCUT2D eigenvalue weighted by Crippen LogP contribution is 2.35. The van der Waals surface area contributed by atoms with Crippen molar-refractivity contribution in [3.63, 3.8) is 0 Å². The van der Waals surface area contributed by atoms with Crippen LogP contribution in [0.1, 0.15) is 37.0 Å². The first-order chi connectivity index (χ1) is 8.75. The largest absolute Gasteiger partial charge is 0.493 e. The number of hydrogen-bond donors (Lipinski definition) is 1. The molecule has 3 unspecified atom stereocenters. The Hall–Kier alpha value is -1.06. The molecular weight excluding hydrogens is 228 g/mol. The first-order valence-corrected chi connectivity index (χ1v) is 6.81. The number of aryl methyl sites for hydroxylation is 1. The molecule has 2 aliphatic heterocycles. The number of hydrogen-bond acceptors (Lipinski definition) is 3. The highest BCUT2D eigenvalue weighted by molar-refractivity contribution is 5.39. The van der Waals surface area contributed by atoms with Crippen LogP contribution in [0.3, 0.4) is 0 Å². The van der Waals surface area contributed by atoms with Crippen LogP contribution >= 0.6 is 0 Å². The molecule has 1 N–H and O–H groups in total. The van der Waals surface area contributed by atoms with Gasteiger partial charge in [0.2, 0.25) is 0 Å². The molecule has 3 nitrogen and oxygen atoms in total. The second-order valence-corrected chi connectivity index (χ2v) is 5.29. The Bertz CT molecular complexity index is 430. The number of ether oxygens (including phenoxy) is 2. The average molecular weight is 248 g/mol. The van der Waals surface area contributed by atoms with Crippen LogP contribution < -0.4 is 4.74 Å². The standard InChI is InChI=1S/C15H20O3/c1-10-13(6-8-17-10)15(16)12-4-5-14-11(9-12)3-2-7-18-14/h4-5,9-10,13,15-16H,2-3,6-8H2,1H3. The van der Waals surface area contributed by atoms with E-state index < -0.39 is 6.10 Å². The molecule has 1 aromatic carbocycles. The molecule has 1 aromatic rings. The Balaban J connectivity index is 1.83. The minimum atomic E-state index is -0.422. The molecule has 0 radical (unpaired) electrons. The molecule has 3 heteroatoms. The summed E-state index contributed by atoms with van der Waals surface area (Å²) >= 11 is 0. The van der Waals surface area contributed by atoms with Crippen LogP contribution in [0.25, 0.3) is 0 Å². The number of fused-ring (bicyclic) bond motifs is 1. The van der Waals surface area contributed by atoms with Gasteiger partial charge in [-0.3, -0.25) is 0 Å². The number of benzene rings is 1. The van der Waals surface area contributed by atoms with Gasteiger partial charge in [-0.25, -0.2) is 0 Å². The van der Waals surface area contributed by atoms with Crippen molar-refractivity contribution in [2.45, 2.75) is 38.4 Å². The van der Waals surface area contributed by atoms with E-state index in [1.807, 2.05) is 19.1 Å². The van der Waals surface area contributed by atoms with Crippen molar-refractivity contribution in [2.24, 2.45) is 5.92 Å². The van der Waals surface area contributed by atoms with E-state index in [9.17, 15) is 5.11 Å². The number of rotatable bonds is 2. The summed E-state index contributed by atoms with van der Waals surface area (Å²) in [5, 5.41) is 10.5. The van der Waals surface area contributed by atoms with Crippen LogP contribution in [-0.4, -0.2) is 24.4 Å². The molecule has 98 valence electrons. The molecule has 3 rings (SSSR count). The first-order valence-electron chi connectivity index (χ1n) is 6.81. The lowest BCUT2D eigenvalue weighted by atomic mass is 9.89. The predicted molar refractivity (Wildman–Crippen MR) is 68.7 cm³/mol. The molecule has 2 aliphatic rings. The summed E-state index contributed by atoms with van der Waals surface area (Å²) < 4.78 is 11.1. The second-order valence-electron chi connectivity index (χ2n) is 5.29. The van der Waals surface area contributed by atoms with E-state index in [2.05, 4.69) is 6.07 Å². The smallest absolute Gasteiger partial charge is 0.122 e. The fraction of sp³-hybridized carbons (Fsp3) is 0.600. The van der Waals surface area contributed by atoms with Crippen LogP contribution in [0.4, 0.5) is 0 Å². The Labute approximate surface area is 108 Å². The van der Waals surface area contributed by atoms with Gasteiger partial charge in [-0.05, 0) is 49.4 Å². The highest BCUT2D eigenvalue weighted by atomic mass is 16.5. The summed E-state index contributed by atoms with van der Waals surface area (Å²) in [7, 11) is 0. The van der Waals surface area contributed by atoms with Crippen molar-refractivity contribution in [3.05, 3.63) is 29.3 Å². The number of aliphatic hydroxyl groups is 1. The summed E-state index contributed by atoms with van der Waals surface area (Å²) in [6.07, 6.45) is 2.78. The van der Waals surface area contributed by atoms with E-state index in [1.54, 1.807) is 0 Å². The molecule has 1 fully saturated rings. The van der Waals surface area contributed by atoms with Crippen LogP contribution in [0.2, 0.25) is 0 Å². The minimum absolute atomic E-state index is 0.146. The highest BCUT2D eigenvalue weighted by Gasteiger charge is 2.32. The zero-order valence-electron chi connectivity index (χ0n) is 10.8. The third kappa shape index (κ3) is 2.13. The van der Waals surface area contributed by atoms with Gasteiger partial charge in [0.05, 0.1) is 18.8 Å². The van der Waals surface area contributed by atoms with Gasteiger partial charge in [0.1, 0.15) is 5.75 Å². The maximum Gasteiger partial charge on any atom is 0.122 e. The molecule has 2 heterocycles. The molecule has 0 bridgehead atoms. The van der Waals surface area contributed by atoms with Crippen molar-refractivity contribution < 1.29 is 14.6 Å². The summed E-state index contributed by atoms with van der Waals surface area (Å²) in [5.41, 5.74) is 2.23. The minimum Gasteiger partial charge on any atom is -0.493 e. The molecule has 0 amide bonds. The SMILES string of the molecule is CC1OCCC1C(O)c1ccc2c(c1)CCCO2. The van der Waals surface area contributed by atoms with Gasteiger partial charge >= 0.3 is 0 Å². The topological polar surface area (TPSA) is 38.7 Å². The van der Waals surface area contributed by atoms with E-state index in [-0.39, 0.29) is 12.0 Å². The van der Waals surface area contributed by atoms with Crippen molar-refractivity contribution in [2.75, 3.05) is 13.2 Å². The summed E-state index contributed by atoms with van der Waals surface area (Å²) in [6.45, 7) is 3.61. The molecular formula is C15H20O3. The van der Waals surface area contributed by atoms with E-state index in [4.69, 9.17) is 9.47 Å². The number of aliphatic hydroxyl groups excluding tert-OH is 1. The molecule has 0 aromatic heterocycles. The molecule has 18 heavy (non-hydrogen) atoms. The van der Waals surface area contributed by atoms with Crippen molar-refractivity contribution >= 4 is 0 Å². The molecule has 0 saturated carbocycles. The van der Waals surface area contributed by atoms with E-state index in [0.717, 1.165) is 43.8 Å². The Morgan fingerprint density at radius 2 is 2.22 bits per heavy atom. The van der Waals surface area contributed by atoms with Gasteiger partial charge in [0.15, 0.2) is 0 Å². The van der Waals surface area contributed by atoms with Crippen molar-refractivity contribution in [1.29, 1.82) is 0 Å². The van der Waals surface area contributed by atoms with Crippen LogP contribution in [0.15, 0.2) is 18.2 Å². The zero-order valence-corrected chi connectivity index (χ0v) is 10.8. The lowest BCUT2D eigenvalue weighted by molar-refractivity contribution is 0.0430. The van der Waals surface area contributed by atoms with Crippen LogP contribution in [0, 0.1) is 5.92 Å². The molecule has 0 aliphatic carbocycles. The van der Waals surface area contributed by atoms with Gasteiger partial charge in [0, 0.05) is 12.5 Å². The third-order valence-electron chi connectivity index (χ3n) is 4.11. The van der Waals surface area contributed by atoms with Gasteiger partial charge in [0.25, 0.3) is 0 Å². The molecule has 3 atom stereocenters. The van der Waals surface area contributed by atoms with Gasteiger partial charge in [-0.1, -0.05) is 6.07 Å². The lowest BCUT2D eigenvalue weighted by Crippen LogP contribution is -2.20. The van der Waals surface area contributed by atoms with Gasteiger partial charge in [-0.2, -0.15) is 0 Å². The quantitative estimate of drug-likeness (QED) is 0.873. The van der Waals surface area contributed by atoms with Crippen molar-refractivity contribution in [3.8, 4) is 5.75 Å². The van der Waals surface area contributed by atoms with Crippen LogP contribution in [-0.2, 0) is 11.2 Å². The van der Waals surface area contributed by atoms with Gasteiger partial charge in [-0.15, -0.1) is 0 Å². The molecule has 1 saturated heterocycles. The van der Waals surface area contributed by atoms with Crippen LogP contribution in [0.5, 0.6) is 5.75 Å². The Morgan fingerprint density at radius 1 is 1.33 bits per heavy atom. The van der Waals surface area contributed by atoms with E-state index in [0.29, 0.717) is 0 Å². The Kier molecular flexibility index (Phi) is 3.27. The second kappa shape index (κ2) is 4.90. The summed E-state index contributed by atoms with van der Waals surface area (Å²) in [6, 6.07) is 6.08. The Morgan fingerprint density at radius 3 is 3.00 bits per heavy atom. The van der Waals surface area contributed by atoms with Gasteiger partial charge < -0.3 is 14.6 Å². The van der Waals surface area contributed by atoms with E-state index in [1.165, 1.54) is 5.56 Å². The first kappa shape index (κ1) is 12.0. The maximum atomic E-state index is 10.5. The predicted octanol–water partition coefficient (Wildman–Crippen LogP) is 2.47. The molecule has 0 spiro atoms. The fourth-order valence-corrected chi connectivity index (χ4v) is 2.97. The monoisotopic (exact) mass is 248 g/mol. The zero-order chi connectivity index (χ0) is 12.5. The fourth-order valence-electron chi connectivity index (χ4n) is 2.97. The third-order valence-corrected chi connectivity index (χ3v) is 4.11.